The Kier molecular flexibility index (Phi) is 3.11. The summed E-state index contributed by atoms with van der Waals surface area (Å²) < 4.78 is 0. The average molecular weight is 278 g/mol. The summed E-state index contributed by atoms with van der Waals surface area (Å²) in [6.07, 6.45) is 6.70. The summed E-state index contributed by atoms with van der Waals surface area (Å²) in [4.78, 5) is 27.0. The molecule has 2 amide bonds. The van der Waals surface area contributed by atoms with E-state index in [0.717, 1.165) is 25.7 Å². The highest BCUT2D eigenvalue weighted by Crippen LogP contribution is 2.44. The van der Waals surface area contributed by atoms with E-state index >= 15 is 0 Å². The molecule has 4 nitrogen and oxygen atoms in total. The topological polar surface area (TPSA) is 49.4 Å². The lowest BCUT2D eigenvalue weighted by atomic mass is 9.71. The standard InChI is InChI=1S/C16H26N2O2/c1-15(2)9-5-4-6-12(15)18-10-13(19)17-16(3,14(18)20)11-7-8-11/h11-12H,4-10H2,1-3H3,(H,17,19). The van der Waals surface area contributed by atoms with Crippen LogP contribution in [0, 0.1) is 11.3 Å². The number of carbonyl (C=O) groups is 2. The zero-order valence-electron chi connectivity index (χ0n) is 12.9. The van der Waals surface area contributed by atoms with Crippen molar-refractivity contribution in [2.75, 3.05) is 6.54 Å². The number of rotatable bonds is 2. The molecular weight excluding hydrogens is 252 g/mol. The van der Waals surface area contributed by atoms with Crippen LogP contribution in [-0.4, -0.2) is 34.8 Å². The summed E-state index contributed by atoms with van der Waals surface area (Å²) in [6.45, 7) is 6.65. The van der Waals surface area contributed by atoms with Crippen molar-refractivity contribution < 1.29 is 9.59 Å². The zero-order chi connectivity index (χ0) is 14.5. The van der Waals surface area contributed by atoms with Gasteiger partial charge < -0.3 is 10.2 Å². The molecular formula is C16H26N2O2. The molecule has 0 spiro atoms. The minimum absolute atomic E-state index is 0.0142. The van der Waals surface area contributed by atoms with Crippen LogP contribution in [0.15, 0.2) is 0 Å². The Labute approximate surface area is 121 Å². The Bertz CT molecular complexity index is 442. The van der Waals surface area contributed by atoms with Gasteiger partial charge in [0.1, 0.15) is 5.54 Å². The number of amides is 2. The zero-order valence-corrected chi connectivity index (χ0v) is 12.9. The molecule has 1 N–H and O–H groups in total. The molecule has 3 fully saturated rings. The molecule has 0 aromatic carbocycles. The van der Waals surface area contributed by atoms with Crippen molar-refractivity contribution >= 4 is 11.8 Å². The molecule has 0 aromatic heterocycles. The maximum absolute atomic E-state index is 13.0. The fourth-order valence-electron chi connectivity index (χ4n) is 4.15. The van der Waals surface area contributed by atoms with Crippen LogP contribution >= 0.6 is 0 Å². The molecule has 20 heavy (non-hydrogen) atoms. The molecule has 1 saturated heterocycles. The van der Waals surface area contributed by atoms with E-state index in [9.17, 15) is 9.59 Å². The Hall–Kier alpha value is -1.06. The molecule has 3 rings (SSSR count). The molecule has 2 aliphatic carbocycles. The summed E-state index contributed by atoms with van der Waals surface area (Å²) in [5, 5.41) is 2.97. The van der Waals surface area contributed by atoms with Crippen molar-refractivity contribution in [1.82, 2.24) is 10.2 Å². The minimum atomic E-state index is -0.650. The molecule has 2 atom stereocenters. The van der Waals surface area contributed by atoms with Gasteiger partial charge in [0.2, 0.25) is 11.8 Å². The van der Waals surface area contributed by atoms with E-state index in [1.807, 2.05) is 11.8 Å². The third-order valence-corrected chi connectivity index (χ3v) is 5.64. The maximum atomic E-state index is 13.0. The predicted molar refractivity (Wildman–Crippen MR) is 77.0 cm³/mol. The van der Waals surface area contributed by atoms with Gasteiger partial charge in [0.25, 0.3) is 0 Å². The molecule has 0 bridgehead atoms. The molecule has 0 aromatic rings. The van der Waals surface area contributed by atoms with E-state index in [-0.39, 0.29) is 29.8 Å². The average Bonchev–Trinajstić information content (AvgIpc) is 3.18. The summed E-state index contributed by atoms with van der Waals surface area (Å²) in [5.41, 5.74) is -0.529. The van der Waals surface area contributed by atoms with Gasteiger partial charge in [0.15, 0.2) is 0 Å². The Morgan fingerprint density at radius 2 is 1.80 bits per heavy atom. The first-order valence-corrected chi connectivity index (χ1v) is 7.97. The van der Waals surface area contributed by atoms with Crippen LogP contribution in [0.25, 0.3) is 0 Å². The van der Waals surface area contributed by atoms with Gasteiger partial charge in [-0.3, -0.25) is 9.59 Å². The summed E-state index contributed by atoms with van der Waals surface area (Å²) in [6, 6.07) is 0.216. The largest absolute Gasteiger partial charge is 0.340 e. The van der Waals surface area contributed by atoms with Crippen LogP contribution < -0.4 is 5.32 Å². The van der Waals surface area contributed by atoms with Crippen LogP contribution in [0.5, 0.6) is 0 Å². The van der Waals surface area contributed by atoms with Crippen LogP contribution in [0.3, 0.4) is 0 Å². The van der Waals surface area contributed by atoms with Gasteiger partial charge in [-0.25, -0.2) is 0 Å². The van der Waals surface area contributed by atoms with E-state index in [0.29, 0.717) is 5.92 Å². The third kappa shape index (κ3) is 2.13. The van der Waals surface area contributed by atoms with Gasteiger partial charge in [0, 0.05) is 6.04 Å². The second-order valence-corrected chi connectivity index (χ2v) is 7.71. The monoisotopic (exact) mass is 278 g/mol. The molecule has 1 aliphatic heterocycles. The van der Waals surface area contributed by atoms with Crippen LogP contribution in [0.1, 0.15) is 59.3 Å². The lowest BCUT2D eigenvalue weighted by Gasteiger charge is -2.50. The minimum Gasteiger partial charge on any atom is -0.340 e. The van der Waals surface area contributed by atoms with Crippen molar-refractivity contribution in [2.45, 2.75) is 70.9 Å². The Morgan fingerprint density at radius 1 is 1.10 bits per heavy atom. The fraction of sp³-hybridized carbons (Fsp3) is 0.875. The Balaban J connectivity index is 1.88. The third-order valence-electron chi connectivity index (χ3n) is 5.64. The maximum Gasteiger partial charge on any atom is 0.249 e. The van der Waals surface area contributed by atoms with Crippen molar-refractivity contribution in [3.05, 3.63) is 0 Å². The van der Waals surface area contributed by atoms with E-state index in [1.165, 1.54) is 12.8 Å². The lowest BCUT2D eigenvalue weighted by Crippen LogP contribution is -2.69. The molecule has 1 heterocycles. The summed E-state index contributed by atoms with van der Waals surface area (Å²) in [5.74, 6) is 0.508. The van der Waals surface area contributed by atoms with Gasteiger partial charge in [-0.05, 0) is 43.9 Å². The quantitative estimate of drug-likeness (QED) is 0.841. The first kappa shape index (κ1) is 13.9. The van der Waals surface area contributed by atoms with Crippen molar-refractivity contribution in [3.63, 3.8) is 0 Å². The van der Waals surface area contributed by atoms with Crippen LogP contribution in [0.2, 0.25) is 0 Å². The van der Waals surface area contributed by atoms with Gasteiger partial charge in [-0.15, -0.1) is 0 Å². The number of carbonyl (C=O) groups excluding carboxylic acids is 2. The van der Waals surface area contributed by atoms with Crippen LogP contribution in [-0.2, 0) is 9.59 Å². The molecule has 0 radical (unpaired) electrons. The smallest absolute Gasteiger partial charge is 0.249 e. The first-order chi connectivity index (χ1) is 9.34. The normalized spacial score (nSPS) is 37.8. The second-order valence-electron chi connectivity index (χ2n) is 7.71. The van der Waals surface area contributed by atoms with Crippen molar-refractivity contribution in [2.24, 2.45) is 11.3 Å². The van der Waals surface area contributed by atoms with Crippen molar-refractivity contribution in [1.29, 1.82) is 0 Å². The SMILES string of the molecule is CC1(C)CCCCC1N1CC(=O)NC(C)(C2CC2)C1=O. The van der Waals surface area contributed by atoms with Gasteiger partial charge in [-0.2, -0.15) is 0 Å². The summed E-state index contributed by atoms with van der Waals surface area (Å²) >= 11 is 0. The number of nitrogens with one attached hydrogen (secondary N) is 1. The van der Waals surface area contributed by atoms with E-state index in [2.05, 4.69) is 19.2 Å². The number of hydrogen-bond donors (Lipinski definition) is 1. The fourth-order valence-corrected chi connectivity index (χ4v) is 4.15. The molecule has 2 saturated carbocycles. The predicted octanol–water partition coefficient (Wildman–Crippen LogP) is 2.08. The molecule has 3 aliphatic rings. The highest BCUT2D eigenvalue weighted by Gasteiger charge is 2.55. The first-order valence-electron chi connectivity index (χ1n) is 7.97. The lowest BCUT2D eigenvalue weighted by molar-refractivity contribution is -0.156. The van der Waals surface area contributed by atoms with Crippen molar-refractivity contribution in [3.8, 4) is 0 Å². The number of hydrogen-bond acceptors (Lipinski definition) is 2. The molecule has 112 valence electrons. The second kappa shape index (κ2) is 4.47. The highest BCUT2D eigenvalue weighted by molar-refractivity contribution is 5.98. The number of nitrogens with zero attached hydrogens (tertiary/aromatic N) is 1. The van der Waals surface area contributed by atoms with Gasteiger partial charge in [0.05, 0.1) is 6.54 Å². The summed E-state index contributed by atoms with van der Waals surface area (Å²) in [7, 11) is 0. The Morgan fingerprint density at radius 3 is 2.40 bits per heavy atom. The van der Waals surface area contributed by atoms with Crippen LogP contribution in [0.4, 0.5) is 0 Å². The van der Waals surface area contributed by atoms with E-state index in [4.69, 9.17) is 0 Å². The highest BCUT2D eigenvalue weighted by atomic mass is 16.2. The van der Waals surface area contributed by atoms with Gasteiger partial charge >= 0.3 is 0 Å². The number of piperazine rings is 1. The van der Waals surface area contributed by atoms with Gasteiger partial charge in [-0.1, -0.05) is 26.7 Å². The van der Waals surface area contributed by atoms with E-state index < -0.39 is 5.54 Å². The molecule has 2 unspecified atom stereocenters. The molecule has 4 heteroatoms. The van der Waals surface area contributed by atoms with E-state index in [1.54, 1.807) is 0 Å².